The van der Waals surface area contributed by atoms with Gasteiger partial charge in [0.2, 0.25) is 0 Å². The average molecular weight is 264 g/mol. The van der Waals surface area contributed by atoms with E-state index >= 15 is 0 Å². The number of ether oxygens (including phenoxy) is 1. The van der Waals surface area contributed by atoms with E-state index in [-0.39, 0.29) is 10.6 Å². The smallest absolute Gasteiger partial charge is 0.271 e. The van der Waals surface area contributed by atoms with Crippen LogP contribution in [0.1, 0.15) is 32.6 Å². The number of nitrogens with one attached hydrogen (secondary N) is 1. The Morgan fingerprint density at radius 1 is 1.47 bits per heavy atom. The lowest BCUT2D eigenvalue weighted by molar-refractivity contribution is -0.384. The molecule has 1 aliphatic carbocycles. The van der Waals surface area contributed by atoms with Gasteiger partial charge in [-0.25, -0.2) is 0 Å². The highest BCUT2D eigenvalue weighted by Crippen LogP contribution is 2.34. The molecule has 2 atom stereocenters. The molecule has 0 spiro atoms. The summed E-state index contributed by atoms with van der Waals surface area (Å²) in [7, 11) is 1.58. The molecule has 1 fully saturated rings. The van der Waals surface area contributed by atoms with Crippen LogP contribution >= 0.6 is 0 Å². The van der Waals surface area contributed by atoms with E-state index in [1.807, 2.05) is 0 Å². The molecular weight excluding hydrogens is 244 g/mol. The molecule has 0 saturated heterocycles. The largest absolute Gasteiger partial charge is 0.495 e. The van der Waals surface area contributed by atoms with Gasteiger partial charge in [-0.05, 0) is 31.2 Å². The van der Waals surface area contributed by atoms with Crippen LogP contribution in [0.4, 0.5) is 11.4 Å². The lowest BCUT2D eigenvalue weighted by Gasteiger charge is -2.16. The van der Waals surface area contributed by atoms with Gasteiger partial charge in [0.25, 0.3) is 5.69 Å². The Morgan fingerprint density at radius 3 is 2.84 bits per heavy atom. The predicted octanol–water partition coefficient (Wildman–Crippen LogP) is 3.59. The third-order valence-electron chi connectivity index (χ3n) is 3.87. The van der Waals surface area contributed by atoms with Gasteiger partial charge in [-0.3, -0.25) is 10.1 Å². The fraction of sp³-hybridized carbons (Fsp3) is 0.571. The number of non-ortho nitro benzene ring substituents is 1. The van der Waals surface area contributed by atoms with E-state index in [0.717, 1.165) is 24.4 Å². The molecule has 104 valence electrons. The number of hydrogen-bond donors (Lipinski definition) is 1. The monoisotopic (exact) mass is 264 g/mol. The number of rotatable bonds is 5. The number of methoxy groups -OCH3 is 1. The number of hydrogen-bond acceptors (Lipinski definition) is 4. The summed E-state index contributed by atoms with van der Waals surface area (Å²) in [5.41, 5.74) is 0.812. The van der Waals surface area contributed by atoms with Crippen LogP contribution in [0.3, 0.4) is 0 Å². The molecule has 0 bridgehead atoms. The fourth-order valence-corrected chi connectivity index (χ4v) is 2.72. The van der Waals surface area contributed by atoms with E-state index in [4.69, 9.17) is 4.74 Å². The maximum atomic E-state index is 10.8. The zero-order chi connectivity index (χ0) is 13.8. The number of benzene rings is 1. The number of anilines is 1. The summed E-state index contributed by atoms with van der Waals surface area (Å²) in [6.45, 7) is 2.21. The molecule has 0 radical (unpaired) electrons. The number of nitro benzene ring substituents is 1. The first-order valence-corrected chi connectivity index (χ1v) is 6.73. The van der Waals surface area contributed by atoms with Crippen molar-refractivity contribution in [3.8, 4) is 5.75 Å². The summed E-state index contributed by atoms with van der Waals surface area (Å²) >= 11 is 0. The molecule has 0 aromatic heterocycles. The van der Waals surface area contributed by atoms with E-state index < -0.39 is 0 Å². The highest BCUT2D eigenvalue weighted by molar-refractivity contribution is 5.62. The lowest BCUT2D eigenvalue weighted by atomic mass is 10.1. The van der Waals surface area contributed by atoms with Crippen molar-refractivity contribution in [2.75, 3.05) is 12.4 Å². The van der Waals surface area contributed by atoms with E-state index in [1.165, 1.54) is 18.9 Å². The molecule has 5 nitrogen and oxygen atoms in total. The van der Waals surface area contributed by atoms with Gasteiger partial charge in [0.1, 0.15) is 5.75 Å². The number of nitrogens with zero attached hydrogens (tertiary/aromatic N) is 1. The highest BCUT2D eigenvalue weighted by Gasteiger charge is 2.24. The quantitative estimate of drug-likeness (QED) is 0.652. The standard InChI is InChI=1S/C14H20N2O3/c1-3-10-4-5-11(8-10)15-13-9-12(16(17)18)6-7-14(13)19-2/h6-7,9-11,15H,3-5,8H2,1-2H3. The highest BCUT2D eigenvalue weighted by atomic mass is 16.6. The minimum absolute atomic E-state index is 0.0911. The van der Waals surface area contributed by atoms with Crippen molar-refractivity contribution < 1.29 is 9.66 Å². The molecule has 19 heavy (non-hydrogen) atoms. The van der Waals surface area contributed by atoms with Crippen molar-refractivity contribution >= 4 is 11.4 Å². The average Bonchev–Trinajstić information content (AvgIpc) is 2.86. The molecule has 1 aromatic carbocycles. The minimum Gasteiger partial charge on any atom is -0.495 e. The summed E-state index contributed by atoms with van der Waals surface area (Å²) < 4.78 is 5.26. The molecule has 2 unspecified atom stereocenters. The normalized spacial score (nSPS) is 22.2. The molecule has 2 rings (SSSR count). The topological polar surface area (TPSA) is 64.4 Å². The van der Waals surface area contributed by atoms with E-state index in [1.54, 1.807) is 19.2 Å². The first kappa shape index (κ1) is 13.6. The van der Waals surface area contributed by atoms with Crippen LogP contribution in [0.5, 0.6) is 5.75 Å². The zero-order valence-corrected chi connectivity index (χ0v) is 11.4. The van der Waals surface area contributed by atoms with Gasteiger partial charge >= 0.3 is 0 Å². The molecule has 5 heteroatoms. The zero-order valence-electron chi connectivity index (χ0n) is 11.4. The summed E-state index contributed by atoms with van der Waals surface area (Å²) in [6.07, 6.45) is 4.67. The van der Waals surface area contributed by atoms with Crippen molar-refractivity contribution in [2.45, 2.75) is 38.6 Å². The molecule has 1 saturated carbocycles. The first-order chi connectivity index (χ1) is 9.13. The van der Waals surface area contributed by atoms with Crippen LogP contribution in [0.25, 0.3) is 0 Å². The van der Waals surface area contributed by atoms with Gasteiger partial charge in [-0.15, -0.1) is 0 Å². The van der Waals surface area contributed by atoms with Gasteiger partial charge < -0.3 is 10.1 Å². The van der Waals surface area contributed by atoms with Gasteiger partial charge in [-0.2, -0.15) is 0 Å². The Kier molecular flexibility index (Phi) is 4.24. The molecule has 1 N–H and O–H groups in total. The molecule has 0 heterocycles. The summed E-state index contributed by atoms with van der Waals surface area (Å²) in [4.78, 5) is 10.4. The Hall–Kier alpha value is -1.78. The molecule has 0 aliphatic heterocycles. The lowest BCUT2D eigenvalue weighted by Crippen LogP contribution is -2.16. The van der Waals surface area contributed by atoms with Crippen molar-refractivity contribution in [3.05, 3.63) is 28.3 Å². The Bertz CT molecular complexity index is 462. The SMILES string of the molecule is CCC1CCC(Nc2cc([N+](=O)[O-])ccc2OC)C1. The number of nitro groups is 1. The fourth-order valence-electron chi connectivity index (χ4n) is 2.72. The first-order valence-electron chi connectivity index (χ1n) is 6.73. The maximum absolute atomic E-state index is 10.8. The van der Waals surface area contributed by atoms with Gasteiger partial charge in [0.15, 0.2) is 0 Å². The third kappa shape index (κ3) is 3.16. The van der Waals surface area contributed by atoms with E-state index in [2.05, 4.69) is 12.2 Å². The Labute approximate surface area is 113 Å². The second-order valence-electron chi connectivity index (χ2n) is 5.07. The van der Waals surface area contributed by atoms with Crippen LogP contribution in [0, 0.1) is 16.0 Å². The molecule has 1 aromatic rings. The van der Waals surface area contributed by atoms with Crippen molar-refractivity contribution in [1.82, 2.24) is 0 Å². The van der Waals surface area contributed by atoms with Crippen molar-refractivity contribution in [1.29, 1.82) is 0 Å². The van der Waals surface area contributed by atoms with Crippen LogP contribution in [-0.4, -0.2) is 18.1 Å². The minimum atomic E-state index is -0.381. The van der Waals surface area contributed by atoms with Gasteiger partial charge in [0.05, 0.1) is 17.7 Å². The predicted molar refractivity (Wildman–Crippen MR) is 74.7 cm³/mol. The summed E-state index contributed by atoms with van der Waals surface area (Å²) in [6, 6.07) is 5.05. The molecule has 0 amide bonds. The second kappa shape index (κ2) is 5.91. The third-order valence-corrected chi connectivity index (χ3v) is 3.87. The Balaban J connectivity index is 2.14. The van der Waals surface area contributed by atoms with Crippen molar-refractivity contribution in [2.24, 2.45) is 5.92 Å². The maximum Gasteiger partial charge on any atom is 0.271 e. The summed E-state index contributed by atoms with van der Waals surface area (Å²) in [5, 5.41) is 14.2. The van der Waals surface area contributed by atoms with Gasteiger partial charge in [-0.1, -0.05) is 13.3 Å². The van der Waals surface area contributed by atoms with E-state index in [9.17, 15) is 10.1 Å². The summed E-state index contributed by atoms with van der Waals surface area (Å²) in [5.74, 6) is 1.42. The van der Waals surface area contributed by atoms with Crippen LogP contribution in [-0.2, 0) is 0 Å². The van der Waals surface area contributed by atoms with E-state index in [0.29, 0.717) is 11.8 Å². The molecule has 1 aliphatic rings. The van der Waals surface area contributed by atoms with Gasteiger partial charge in [0, 0.05) is 18.2 Å². The second-order valence-corrected chi connectivity index (χ2v) is 5.07. The van der Waals surface area contributed by atoms with Crippen LogP contribution in [0.15, 0.2) is 18.2 Å². The Morgan fingerprint density at radius 2 is 2.26 bits per heavy atom. The molecular formula is C14H20N2O3. The van der Waals surface area contributed by atoms with Crippen LogP contribution < -0.4 is 10.1 Å². The van der Waals surface area contributed by atoms with Crippen LogP contribution in [0.2, 0.25) is 0 Å². The van der Waals surface area contributed by atoms with Crippen molar-refractivity contribution in [3.63, 3.8) is 0 Å².